The number of benzene rings is 3. The highest BCUT2D eigenvalue weighted by Gasteiger charge is 2.32. The molecule has 0 bridgehead atoms. The molecule has 3 aromatic carbocycles. The van der Waals surface area contributed by atoms with Crippen LogP contribution in [0.4, 0.5) is 0 Å². The predicted molar refractivity (Wildman–Crippen MR) is 125 cm³/mol. The zero-order valence-electron chi connectivity index (χ0n) is 15.9. The molecule has 1 N–H and O–H groups in total. The number of hydrogen-bond acceptors (Lipinski definition) is 4. The number of fused-ring (bicyclic) bond motifs is 1. The van der Waals surface area contributed by atoms with Gasteiger partial charge in [0.25, 0.3) is 5.91 Å². The van der Waals surface area contributed by atoms with E-state index in [9.17, 15) is 4.79 Å². The highest BCUT2D eigenvalue weighted by Crippen LogP contribution is 2.47. The minimum atomic E-state index is -0.171. The Bertz CT molecular complexity index is 1200. The number of carbonyl (C=O) groups is 1. The third-order valence-corrected chi connectivity index (χ3v) is 6.28. The van der Waals surface area contributed by atoms with Gasteiger partial charge in [0.1, 0.15) is 15.8 Å². The van der Waals surface area contributed by atoms with Crippen LogP contribution in [0.3, 0.4) is 0 Å². The van der Waals surface area contributed by atoms with Gasteiger partial charge in [0, 0.05) is 22.6 Å². The molecule has 5 heteroatoms. The zero-order valence-corrected chi connectivity index (χ0v) is 17.5. The van der Waals surface area contributed by atoms with Crippen molar-refractivity contribution in [2.45, 2.75) is 5.92 Å². The SMILES string of the molecule is O=C1NC(=S)S/C1=C/C1=C(c2ccccc2)Oc2ccccc2C1c1ccccc1. The largest absolute Gasteiger partial charge is 0.456 e. The molecule has 0 aromatic heterocycles. The number of ether oxygens (including phenoxy) is 1. The number of amides is 1. The van der Waals surface area contributed by atoms with E-state index in [-0.39, 0.29) is 11.8 Å². The Morgan fingerprint density at radius 1 is 0.900 bits per heavy atom. The third kappa shape index (κ3) is 3.47. The highest BCUT2D eigenvalue weighted by molar-refractivity contribution is 8.26. The molecule has 1 unspecified atom stereocenters. The van der Waals surface area contributed by atoms with Gasteiger partial charge in [-0.05, 0) is 17.7 Å². The van der Waals surface area contributed by atoms with Crippen molar-refractivity contribution >= 4 is 40.0 Å². The molecule has 2 heterocycles. The molecule has 3 aromatic rings. The monoisotopic (exact) mass is 427 g/mol. The fourth-order valence-electron chi connectivity index (χ4n) is 3.81. The van der Waals surface area contributed by atoms with Gasteiger partial charge < -0.3 is 10.1 Å². The van der Waals surface area contributed by atoms with Crippen LogP contribution in [0, 0.1) is 0 Å². The number of hydrogen-bond donors (Lipinski definition) is 1. The zero-order chi connectivity index (χ0) is 20.5. The number of thioether (sulfide) groups is 1. The van der Waals surface area contributed by atoms with Crippen LogP contribution in [0.5, 0.6) is 5.75 Å². The number of nitrogens with one attached hydrogen (secondary N) is 1. The first-order chi connectivity index (χ1) is 14.7. The molecule has 1 fully saturated rings. The van der Waals surface area contributed by atoms with Crippen LogP contribution in [0.25, 0.3) is 5.76 Å². The van der Waals surface area contributed by atoms with Crippen molar-refractivity contribution in [1.29, 1.82) is 0 Å². The summed E-state index contributed by atoms with van der Waals surface area (Å²) in [5, 5.41) is 2.71. The van der Waals surface area contributed by atoms with E-state index in [1.807, 2.05) is 72.8 Å². The Morgan fingerprint density at radius 2 is 1.57 bits per heavy atom. The summed E-state index contributed by atoms with van der Waals surface area (Å²) in [6.07, 6.45) is 1.93. The molecule has 0 saturated carbocycles. The Balaban J connectivity index is 1.78. The molecular weight excluding hydrogens is 410 g/mol. The van der Waals surface area contributed by atoms with Crippen LogP contribution in [0.2, 0.25) is 0 Å². The summed E-state index contributed by atoms with van der Waals surface area (Å²) < 4.78 is 6.89. The van der Waals surface area contributed by atoms with Gasteiger partial charge in [-0.25, -0.2) is 0 Å². The Kier molecular flexibility index (Phi) is 4.99. The molecule has 0 radical (unpaired) electrons. The van der Waals surface area contributed by atoms with E-state index in [1.54, 1.807) is 0 Å². The second-order valence-electron chi connectivity index (χ2n) is 6.99. The minimum Gasteiger partial charge on any atom is -0.456 e. The van der Waals surface area contributed by atoms with Crippen LogP contribution in [-0.4, -0.2) is 10.2 Å². The fraction of sp³-hybridized carbons (Fsp3) is 0.0400. The quantitative estimate of drug-likeness (QED) is 0.433. The normalized spacial score (nSPS) is 19.5. The molecule has 1 atom stereocenters. The van der Waals surface area contributed by atoms with Gasteiger partial charge in [-0.3, -0.25) is 4.79 Å². The van der Waals surface area contributed by atoms with Crippen LogP contribution in [0.15, 0.2) is 101 Å². The van der Waals surface area contributed by atoms with Gasteiger partial charge in [-0.15, -0.1) is 0 Å². The van der Waals surface area contributed by atoms with Crippen molar-refractivity contribution in [2.24, 2.45) is 0 Å². The Morgan fingerprint density at radius 3 is 2.27 bits per heavy atom. The first-order valence-corrected chi connectivity index (χ1v) is 10.8. The maximum absolute atomic E-state index is 12.4. The van der Waals surface area contributed by atoms with Crippen LogP contribution in [-0.2, 0) is 4.79 Å². The predicted octanol–water partition coefficient (Wildman–Crippen LogP) is 5.65. The van der Waals surface area contributed by atoms with Crippen molar-refractivity contribution in [2.75, 3.05) is 0 Å². The summed E-state index contributed by atoms with van der Waals surface area (Å²) in [5.41, 5.74) is 4.11. The van der Waals surface area contributed by atoms with Crippen molar-refractivity contribution < 1.29 is 9.53 Å². The van der Waals surface area contributed by atoms with Crippen molar-refractivity contribution in [3.8, 4) is 5.75 Å². The van der Waals surface area contributed by atoms with E-state index in [4.69, 9.17) is 17.0 Å². The van der Waals surface area contributed by atoms with Crippen LogP contribution < -0.4 is 10.1 Å². The lowest BCUT2D eigenvalue weighted by Crippen LogP contribution is -2.19. The van der Waals surface area contributed by atoms with Gasteiger partial charge in [0.15, 0.2) is 0 Å². The maximum atomic E-state index is 12.4. The van der Waals surface area contributed by atoms with Crippen molar-refractivity contribution in [3.63, 3.8) is 0 Å². The second kappa shape index (κ2) is 7.94. The minimum absolute atomic E-state index is 0.0681. The van der Waals surface area contributed by atoms with E-state index in [1.165, 1.54) is 11.8 Å². The molecule has 30 heavy (non-hydrogen) atoms. The topological polar surface area (TPSA) is 38.3 Å². The van der Waals surface area contributed by atoms with Crippen LogP contribution >= 0.6 is 24.0 Å². The molecule has 0 aliphatic carbocycles. The summed E-state index contributed by atoms with van der Waals surface area (Å²) in [7, 11) is 0. The van der Waals surface area contributed by atoms with Gasteiger partial charge >= 0.3 is 0 Å². The van der Waals surface area contributed by atoms with Gasteiger partial charge in [0.2, 0.25) is 0 Å². The highest BCUT2D eigenvalue weighted by atomic mass is 32.2. The molecule has 0 spiro atoms. The lowest BCUT2D eigenvalue weighted by atomic mass is 9.81. The molecule has 2 aliphatic rings. The summed E-state index contributed by atoms with van der Waals surface area (Å²) in [6.45, 7) is 0. The molecular formula is C25H17NO2S2. The van der Waals surface area contributed by atoms with E-state index in [0.29, 0.717) is 9.23 Å². The van der Waals surface area contributed by atoms with Crippen molar-refractivity contribution in [1.82, 2.24) is 5.32 Å². The van der Waals surface area contributed by atoms with Gasteiger partial charge in [-0.1, -0.05) is 103 Å². The molecule has 1 amide bonds. The molecule has 5 rings (SSSR count). The van der Waals surface area contributed by atoms with E-state index >= 15 is 0 Å². The average Bonchev–Trinajstić information content (AvgIpc) is 3.11. The molecule has 3 nitrogen and oxygen atoms in total. The van der Waals surface area contributed by atoms with E-state index in [2.05, 4.69) is 23.5 Å². The number of allylic oxidation sites excluding steroid dienone is 2. The number of thiocarbonyl (C=S) groups is 1. The lowest BCUT2D eigenvalue weighted by Gasteiger charge is -2.30. The smallest absolute Gasteiger partial charge is 0.263 e. The van der Waals surface area contributed by atoms with Gasteiger partial charge in [-0.2, -0.15) is 0 Å². The molecule has 1 saturated heterocycles. The summed E-state index contributed by atoms with van der Waals surface area (Å²) >= 11 is 6.48. The standard InChI is InChI=1S/C25H17NO2S2/c27-24-21(30-25(29)26-24)15-19-22(16-9-3-1-4-10-16)18-13-7-8-14-20(18)28-23(19)17-11-5-2-6-12-17/h1-15,22H,(H,26,27,29)/b21-15+. The van der Waals surface area contributed by atoms with Crippen LogP contribution in [0.1, 0.15) is 22.6 Å². The lowest BCUT2D eigenvalue weighted by molar-refractivity contribution is -0.115. The average molecular weight is 428 g/mol. The number of carbonyl (C=O) groups excluding carboxylic acids is 1. The van der Waals surface area contributed by atoms with Crippen molar-refractivity contribution in [3.05, 3.63) is 118 Å². The van der Waals surface area contributed by atoms with E-state index < -0.39 is 0 Å². The Labute approximate surface area is 184 Å². The first kappa shape index (κ1) is 18.9. The first-order valence-electron chi connectivity index (χ1n) is 9.57. The fourth-order valence-corrected chi connectivity index (χ4v) is 4.85. The number of rotatable bonds is 3. The Hall–Kier alpha value is -3.15. The number of para-hydroxylation sites is 1. The van der Waals surface area contributed by atoms with Gasteiger partial charge in [0.05, 0.1) is 4.91 Å². The third-order valence-electron chi connectivity index (χ3n) is 5.11. The maximum Gasteiger partial charge on any atom is 0.263 e. The van der Waals surface area contributed by atoms with E-state index in [0.717, 1.165) is 33.8 Å². The molecule has 2 aliphatic heterocycles. The second-order valence-corrected chi connectivity index (χ2v) is 8.71. The summed E-state index contributed by atoms with van der Waals surface area (Å²) in [6, 6.07) is 28.4. The summed E-state index contributed by atoms with van der Waals surface area (Å²) in [4.78, 5) is 13.0. The molecule has 146 valence electrons. The summed E-state index contributed by atoms with van der Waals surface area (Å²) in [5.74, 6) is 1.34.